The van der Waals surface area contributed by atoms with Crippen molar-refractivity contribution < 1.29 is 13.2 Å². The lowest BCUT2D eigenvalue weighted by atomic mass is 10.1. The molecule has 0 saturated heterocycles. The summed E-state index contributed by atoms with van der Waals surface area (Å²) in [5.41, 5.74) is 2.47. The highest BCUT2D eigenvalue weighted by molar-refractivity contribution is 7.88. The third-order valence-electron chi connectivity index (χ3n) is 4.00. The molecular weight excluding hydrogens is 326 g/mol. The van der Waals surface area contributed by atoms with Gasteiger partial charge in [-0.15, -0.1) is 0 Å². The highest BCUT2D eigenvalue weighted by Gasteiger charge is 2.24. The van der Waals surface area contributed by atoms with Crippen LogP contribution in [0.1, 0.15) is 39.2 Å². The van der Waals surface area contributed by atoms with Crippen LogP contribution in [-0.4, -0.2) is 45.0 Å². The average Bonchev–Trinajstić information content (AvgIpc) is 2.50. The second-order valence-electron chi connectivity index (χ2n) is 6.21. The van der Waals surface area contributed by atoms with Crippen LogP contribution < -0.4 is 10.2 Å². The van der Waals surface area contributed by atoms with Crippen LogP contribution >= 0.6 is 0 Å². The highest BCUT2D eigenvalue weighted by Crippen LogP contribution is 2.26. The van der Waals surface area contributed by atoms with Gasteiger partial charge in [-0.2, -0.15) is 4.31 Å². The molecule has 0 unspecified atom stereocenters. The number of anilines is 2. The second kappa shape index (κ2) is 8.48. The molecule has 7 heteroatoms. The zero-order valence-corrected chi connectivity index (χ0v) is 16.3. The van der Waals surface area contributed by atoms with Crippen molar-refractivity contribution in [3.8, 4) is 0 Å². The molecule has 0 bridgehead atoms. The van der Waals surface area contributed by atoms with E-state index in [-0.39, 0.29) is 18.5 Å². The molecule has 0 spiro atoms. The van der Waals surface area contributed by atoms with E-state index in [4.69, 9.17) is 0 Å². The van der Waals surface area contributed by atoms with Gasteiger partial charge in [-0.3, -0.25) is 4.79 Å². The van der Waals surface area contributed by atoms with E-state index in [1.165, 1.54) is 10.6 Å². The summed E-state index contributed by atoms with van der Waals surface area (Å²) in [5, 5.41) is 2.83. The molecule has 6 nitrogen and oxygen atoms in total. The Morgan fingerprint density at radius 3 is 2.33 bits per heavy atom. The lowest BCUT2D eigenvalue weighted by Crippen LogP contribution is -2.37. The molecule has 1 aromatic carbocycles. The number of nitrogens with zero attached hydrogens (tertiary/aromatic N) is 2. The van der Waals surface area contributed by atoms with Crippen LogP contribution in [0.15, 0.2) is 18.2 Å². The van der Waals surface area contributed by atoms with Gasteiger partial charge in [0.15, 0.2) is 0 Å². The summed E-state index contributed by atoms with van der Waals surface area (Å²) < 4.78 is 25.8. The first-order chi connectivity index (χ1) is 11.1. The summed E-state index contributed by atoms with van der Waals surface area (Å²) in [6.07, 6.45) is 2.36. The monoisotopic (exact) mass is 355 g/mol. The van der Waals surface area contributed by atoms with Crippen molar-refractivity contribution >= 4 is 27.3 Å². The van der Waals surface area contributed by atoms with E-state index in [2.05, 4.69) is 5.32 Å². The average molecular weight is 356 g/mol. The van der Waals surface area contributed by atoms with Crippen LogP contribution in [0.2, 0.25) is 0 Å². The van der Waals surface area contributed by atoms with Crippen LogP contribution in [0.25, 0.3) is 0 Å². The molecule has 0 fully saturated rings. The quantitative estimate of drug-likeness (QED) is 0.778. The molecule has 1 rings (SSSR count). The summed E-state index contributed by atoms with van der Waals surface area (Å²) in [6, 6.07) is 5.49. The number of nitrogens with one attached hydrogen (secondary N) is 1. The fraction of sp³-hybridized carbons (Fsp3) is 0.588. The molecule has 0 aliphatic rings. The number of carbonyl (C=O) groups excluding carboxylic acids is 1. The molecule has 0 aliphatic carbocycles. The summed E-state index contributed by atoms with van der Waals surface area (Å²) in [6.45, 7) is 5.93. The Morgan fingerprint density at radius 2 is 1.88 bits per heavy atom. The van der Waals surface area contributed by atoms with Crippen molar-refractivity contribution in [2.75, 3.05) is 30.6 Å². The first-order valence-corrected chi connectivity index (χ1v) is 10.0. The molecule has 0 heterocycles. The van der Waals surface area contributed by atoms with Crippen molar-refractivity contribution in [2.45, 2.75) is 46.2 Å². The van der Waals surface area contributed by atoms with E-state index in [0.29, 0.717) is 12.1 Å². The predicted molar refractivity (Wildman–Crippen MR) is 99.8 cm³/mol. The number of carbonyl (C=O) groups is 1. The topological polar surface area (TPSA) is 69.7 Å². The standard InChI is InChI=1S/C17H29N3O3S/c1-7-13(3)20(24(6,22)23)12-14-11-15(18-17(21)8-2)9-10-16(14)19(4)5/h9-11,13H,7-8,12H2,1-6H3,(H,18,21)/t13-/m0/s1. The summed E-state index contributed by atoms with van der Waals surface area (Å²) >= 11 is 0. The maximum Gasteiger partial charge on any atom is 0.224 e. The molecule has 1 N–H and O–H groups in total. The molecule has 0 saturated carbocycles. The van der Waals surface area contributed by atoms with Crippen LogP contribution in [-0.2, 0) is 21.4 Å². The Labute approximate surface area is 145 Å². The van der Waals surface area contributed by atoms with E-state index >= 15 is 0 Å². The number of amides is 1. The van der Waals surface area contributed by atoms with Gasteiger partial charge in [-0.05, 0) is 37.1 Å². The van der Waals surface area contributed by atoms with Crippen molar-refractivity contribution in [3.05, 3.63) is 23.8 Å². The van der Waals surface area contributed by atoms with Gasteiger partial charge in [0, 0.05) is 44.5 Å². The minimum absolute atomic E-state index is 0.0690. The van der Waals surface area contributed by atoms with Crippen molar-refractivity contribution in [1.82, 2.24) is 4.31 Å². The summed E-state index contributed by atoms with van der Waals surface area (Å²) in [4.78, 5) is 13.6. The molecule has 0 radical (unpaired) electrons. The number of hydrogen-bond acceptors (Lipinski definition) is 4. The van der Waals surface area contributed by atoms with Crippen molar-refractivity contribution in [1.29, 1.82) is 0 Å². The summed E-state index contributed by atoms with van der Waals surface area (Å²) in [5.74, 6) is -0.0690. The number of sulfonamides is 1. The zero-order chi connectivity index (χ0) is 18.5. The smallest absolute Gasteiger partial charge is 0.224 e. The lowest BCUT2D eigenvalue weighted by molar-refractivity contribution is -0.115. The largest absolute Gasteiger partial charge is 0.377 e. The van der Waals surface area contributed by atoms with Crippen LogP contribution in [0.3, 0.4) is 0 Å². The maximum absolute atomic E-state index is 12.2. The SMILES string of the molecule is CCC(=O)Nc1ccc(N(C)C)c(CN([C@@H](C)CC)S(C)(=O)=O)c1. The van der Waals surface area contributed by atoms with Crippen molar-refractivity contribution in [3.63, 3.8) is 0 Å². The normalized spacial score (nSPS) is 13.0. The molecule has 1 atom stereocenters. The van der Waals surface area contributed by atoms with Gasteiger partial charge in [-0.1, -0.05) is 13.8 Å². The molecule has 1 aromatic rings. The maximum atomic E-state index is 12.2. The van der Waals surface area contributed by atoms with Crippen LogP contribution in [0.4, 0.5) is 11.4 Å². The minimum atomic E-state index is -3.33. The molecule has 1 amide bonds. The fourth-order valence-electron chi connectivity index (χ4n) is 2.45. The third-order valence-corrected chi connectivity index (χ3v) is 5.34. The van der Waals surface area contributed by atoms with E-state index < -0.39 is 10.0 Å². The fourth-order valence-corrected chi connectivity index (χ4v) is 3.62. The lowest BCUT2D eigenvalue weighted by Gasteiger charge is -2.28. The van der Waals surface area contributed by atoms with Gasteiger partial charge in [-0.25, -0.2) is 8.42 Å². The molecule has 0 aliphatic heterocycles. The molecular formula is C17H29N3O3S. The van der Waals surface area contributed by atoms with E-state index in [0.717, 1.165) is 17.7 Å². The first-order valence-electron chi connectivity index (χ1n) is 8.17. The third kappa shape index (κ3) is 5.49. The van der Waals surface area contributed by atoms with Gasteiger partial charge in [0.1, 0.15) is 0 Å². The van der Waals surface area contributed by atoms with E-state index in [9.17, 15) is 13.2 Å². The Bertz CT molecular complexity index is 672. The van der Waals surface area contributed by atoms with Gasteiger partial charge in [0.05, 0.1) is 6.26 Å². The zero-order valence-electron chi connectivity index (χ0n) is 15.5. The van der Waals surface area contributed by atoms with Gasteiger partial charge in [0.2, 0.25) is 15.9 Å². The summed E-state index contributed by atoms with van der Waals surface area (Å²) in [7, 11) is 0.498. The van der Waals surface area contributed by atoms with Gasteiger partial charge in [0.25, 0.3) is 0 Å². The second-order valence-corrected chi connectivity index (χ2v) is 8.14. The van der Waals surface area contributed by atoms with E-state index in [1.54, 1.807) is 6.92 Å². The molecule has 136 valence electrons. The highest BCUT2D eigenvalue weighted by atomic mass is 32.2. The van der Waals surface area contributed by atoms with Crippen LogP contribution in [0, 0.1) is 0 Å². The van der Waals surface area contributed by atoms with E-state index in [1.807, 2.05) is 51.0 Å². The van der Waals surface area contributed by atoms with Gasteiger partial charge < -0.3 is 10.2 Å². The Balaban J connectivity index is 3.26. The predicted octanol–water partition coefficient (Wildman–Crippen LogP) is 2.66. The Hall–Kier alpha value is -1.60. The molecule has 0 aromatic heterocycles. The minimum Gasteiger partial charge on any atom is -0.377 e. The number of hydrogen-bond donors (Lipinski definition) is 1. The number of rotatable bonds is 8. The molecule has 24 heavy (non-hydrogen) atoms. The first kappa shape index (κ1) is 20.4. The van der Waals surface area contributed by atoms with Gasteiger partial charge >= 0.3 is 0 Å². The van der Waals surface area contributed by atoms with Crippen LogP contribution in [0.5, 0.6) is 0 Å². The number of benzene rings is 1. The Kier molecular flexibility index (Phi) is 7.23. The van der Waals surface area contributed by atoms with Crippen molar-refractivity contribution in [2.24, 2.45) is 0 Å². The Morgan fingerprint density at radius 1 is 1.25 bits per heavy atom.